The van der Waals surface area contributed by atoms with E-state index in [0.29, 0.717) is 28.5 Å². The van der Waals surface area contributed by atoms with Crippen LogP contribution >= 0.6 is 11.6 Å². The summed E-state index contributed by atoms with van der Waals surface area (Å²) in [4.78, 5) is 21.1. The first kappa shape index (κ1) is 29.8. The van der Waals surface area contributed by atoms with E-state index in [-0.39, 0.29) is 12.3 Å². The number of quaternary nitrogens is 1. The second kappa shape index (κ2) is 12.1. The largest absolute Gasteiger partial charge is 0.497 e. The second-order valence-electron chi connectivity index (χ2n) is 12.5. The van der Waals surface area contributed by atoms with E-state index >= 15 is 0 Å². The molecule has 1 fully saturated rings. The Morgan fingerprint density at radius 2 is 1.70 bits per heavy atom. The maximum atomic E-state index is 13.5. The van der Waals surface area contributed by atoms with Crippen LogP contribution in [-0.2, 0) is 4.79 Å². The zero-order valence-electron chi connectivity index (χ0n) is 25.9. The number of carbonyl (C=O) groups excluding carboxylic acids is 1. The molecule has 3 heterocycles. The predicted octanol–water partition coefficient (Wildman–Crippen LogP) is 5.83. The van der Waals surface area contributed by atoms with Crippen molar-refractivity contribution in [3.63, 3.8) is 0 Å². The third kappa shape index (κ3) is 6.07. The zero-order valence-corrected chi connectivity index (χ0v) is 26.7. The van der Waals surface area contributed by atoms with Gasteiger partial charge in [0, 0.05) is 53.5 Å². The molecule has 1 aromatic heterocycles. The van der Waals surface area contributed by atoms with Crippen LogP contribution in [0.2, 0.25) is 5.02 Å². The summed E-state index contributed by atoms with van der Waals surface area (Å²) in [7, 11) is 8.47. The number of methoxy groups -OCH3 is 1. The minimum Gasteiger partial charge on any atom is -0.497 e. The summed E-state index contributed by atoms with van der Waals surface area (Å²) in [5.74, 6) is 1.88. The fraction of sp³-hybridized carbons (Fsp3) is 0.353. The van der Waals surface area contributed by atoms with E-state index in [2.05, 4.69) is 53.7 Å². The molecule has 0 aliphatic carbocycles. The van der Waals surface area contributed by atoms with Crippen molar-refractivity contribution in [2.45, 2.75) is 38.3 Å². The number of aromatic nitrogens is 3. The van der Waals surface area contributed by atoms with E-state index in [0.717, 1.165) is 45.8 Å². The number of rotatable bonds is 7. The van der Waals surface area contributed by atoms with Gasteiger partial charge in [-0.05, 0) is 61.5 Å². The Morgan fingerprint density at radius 3 is 2.36 bits per heavy atom. The van der Waals surface area contributed by atoms with Crippen molar-refractivity contribution in [3.05, 3.63) is 94.5 Å². The van der Waals surface area contributed by atoms with Gasteiger partial charge in [0.05, 0.1) is 52.1 Å². The van der Waals surface area contributed by atoms with Crippen LogP contribution in [0.4, 0.5) is 11.4 Å². The lowest BCUT2D eigenvalue weighted by atomic mass is 10.00. The smallest absolute Gasteiger partial charge is 0.227 e. The van der Waals surface area contributed by atoms with Gasteiger partial charge < -0.3 is 19.4 Å². The van der Waals surface area contributed by atoms with Crippen molar-refractivity contribution >= 4 is 34.6 Å². The molecule has 0 spiro atoms. The number of nitrogens with zero attached hydrogens (tertiary/aromatic N) is 6. The van der Waals surface area contributed by atoms with Crippen LogP contribution in [-0.4, -0.2) is 78.3 Å². The minimum atomic E-state index is -0.568. The van der Waals surface area contributed by atoms with Gasteiger partial charge in [-0.25, -0.2) is 0 Å². The van der Waals surface area contributed by atoms with Crippen LogP contribution < -0.4 is 15.0 Å². The molecule has 2 aliphatic heterocycles. The van der Waals surface area contributed by atoms with Gasteiger partial charge in [-0.2, -0.15) is 0 Å². The number of ether oxygens (including phenoxy) is 1. The Balaban J connectivity index is 1.25. The Bertz CT molecular complexity index is 1680. The van der Waals surface area contributed by atoms with Crippen molar-refractivity contribution in [1.29, 1.82) is 0 Å². The monoisotopic (exact) mass is 612 g/mol. The van der Waals surface area contributed by atoms with E-state index in [4.69, 9.17) is 21.3 Å². The highest BCUT2D eigenvalue weighted by molar-refractivity contribution is 6.30. The number of aliphatic imine (C=N–C) groups is 1. The standard InChI is InChI=1S/C34H38ClN7O2/c1-22-38-39-34-30(21-32(43)36-25-10-12-26(13-11-25)40-18-16-27(17-19-40)42(2,3)4)37-33(23-6-8-24(35)9-7-23)29-20-28(44-5)14-15-31(29)41(22)34/h6-15,20,27,30H,16-19,21H2,1-5H3/p+1/t30-/m0/s1. The van der Waals surface area contributed by atoms with Crippen LogP contribution in [0.5, 0.6) is 5.75 Å². The Morgan fingerprint density at radius 1 is 1.00 bits per heavy atom. The molecule has 6 rings (SSSR count). The summed E-state index contributed by atoms with van der Waals surface area (Å²) in [6.07, 6.45) is 2.44. The zero-order chi connectivity index (χ0) is 31.0. The van der Waals surface area contributed by atoms with Crippen LogP contribution in [0.3, 0.4) is 0 Å². The molecule has 4 aromatic rings. The Hall–Kier alpha value is -4.21. The van der Waals surface area contributed by atoms with Gasteiger partial charge in [0.2, 0.25) is 5.91 Å². The number of carbonyl (C=O) groups is 1. The molecule has 0 radical (unpaired) electrons. The summed E-state index contributed by atoms with van der Waals surface area (Å²) in [5.41, 5.74) is 5.28. The molecule has 3 aromatic carbocycles. The van der Waals surface area contributed by atoms with Crippen LogP contribution in [0.1, 0.15) is 48.1 Å². The topological polar surface area (TPSA) is 84.6 Å². The highest BCUT2D eigenvalue weighted by Crippen LogP contribution is 2.35. The summed E-state index contributed by atoms with van der Waals surface area (Å²) < 4.78 is 8.55. The van der Waals surface area contributed by atoms with Crippen LogP contribution in [0, 0.1) is 6.92 Å². The van der Waals surface area contributed by atoms with Gasteiger partial charge in [0.15, 0.2) is 5.82 Å². The number of hydrogen-bond acceptors (Lipinski definition) is 6. The van der Waals surface area contributed by atoms with Gasteiger partial charge in [0.25, 0.3) is 0 Å². The minimum absolute atomic E-state index is 0.0979. The number of benzene rings is 3. The highest BCUT2D eigenvalue weighted by Gasteiger charge is 2.31. The molecule has 2 aliphatic rings. The third-order valence-corrected chi connectivity index (χ3v) is 8.96. The number of hydrogen-bond donors (Lipinski definition) is 1. The van der Waals surface area contributed by atoms with Gasteiger partial charge in [-0.15, -0.1) is 10.2 Å². The van der Waals surface area contributed by atoms with Gasteiger partial charge in [-0.3, -0.25) is 14.4 Å². The molecule has 1 amide bonds. The molecular weight excluding hydrogens is 574 g/mol. The molecule has 44 heavy (non-hydrogen) atoms. The summed E-state index contributed by atoms with van der Waals surface area (Å²) in [6.45, 7) is 3.98. The number of anilines is 2. The quantitative estimate of drug-likeness (QED) is 0.265. The van der Waals surface area contributed by atoms with E-state index < -0.39 is 6.04 Å². The fourth-order valence-electron chi connectivity index (χ4n) is 6.22. The molecular formula is C34H39ClN7O2+. The number of amides is 1. The van der Waals surface area contributed by atoms with Crippen molar-refractivity contribution in [1.82, 2.24) is 14.8 Å². The number of halogens is 1. The predicted molar refractivity (Wildman–Crippen MR) is 175 cm³/mol. The first-order chi connectivity index (χ1) is 21.1. The molecule has 0 unspecified atom stereocenters. The molecule has 228 valence electrons. The van der Waals surface area contributed by atoms with Crippen LogP contribution in [0.15, 0.2) is 71.7 Å². The van der Waals surface area contributed by atoms with E-state index in [1.165, 1.54) is 18.5 Å². The van der Waals surface area contributed by atoms with E-state index in [1.54, 1.807) is 7.11 Å². The molecule has 1 saturated heterocycles. The second-order valence-corrected chi connectivity index (χ2v) is 12.9. The molecule has 1 N–H and O–H groups in total. The number of fused-ring (bicyclic) bond motifs is 3. The summed E-state index contributed by atoms with van der Waals surface area (Å²) >= 11 is 6.22. The lowest BCUT2D eigenvalue weighted by Gasteiger charge is -2.41. The van der Waals surface area contributed by atoms with Gasteiger partial charge >= 0.3 is 0 Å². The van der Waals surface area contributed by atoms with E-state index in [9.17, 15) is 4.79 Å². The molecule has 9 nitrogen and oxygen atoms in total. The molecule has 0 bridgehead atoms. The van der Waals surface area contributed by atoms with Crippen molar-refractivity contribution < 1.29 is 14.0 Å². The third-order valence-electron chi connectivity index (χ3n) is 8.71. The average Bonchev–Trinajstić information content (AvgIpc) is 3.34. The van der Waals surface area contributed by atoms with Crippen molar-refractivity contribution in [3.8, 4) is 11.4 Å². The van der Waals surface area contributed by atoms with Crippen LogP contribution in [0.25, 0.3) is 5.69 Å². The summed E-state index contributed by atoms with van der Waals surface area (Å²) in [5, 5.41) is 12.6. The number of aryl methyl sites for hydroxylation is 1. The van der Waals surface area contributed by atoms with Gasteiger partial charge in [0.1, 0.15) is 17.6 Å². The lowest BCUT2D eigenvalue weighted by Crippen LogP contribution is -2.51. The maximum Gasteiger partial charge on any atom is 0.227 e. The number of piperidine rings is 1. The molecule has 10 heteroatoms. The highest BCUT2D eigenvalue weighted by atomic mass is 35.5. The average molecular weight is 613 g/mol. The summed E-state index contributed by atoms with van der Waals surface area (Å²) in [6, 6.07) is 21.7. The van der Waals surface area contributed by atoms with Crippen molar-refractivity contribution in [2.75, 3.05) is 51.6 Å². The SMILES string of the molecule is COc1ccc2c(c1)C(c1ccc(Cl)cc1)=N[C@@H](CC(=O)Nc1ccc(N3CCC([N+](C)(C)C)CC3)cc1)c1nnc(C)n1-2. The first-order valence-electron chi connectivity index (χ1n) is 15.0. The molecule has 1 atom stereocenters. The Labute approximate surface area is 263 Å². The first-order valence-corrected chi connectivity index (χ1v) is 15.4. The van der Waals surface area contributed by atoms with Gasteiger partial charge in [-0.1, -0.05) is 23.7 Å². The Kier molecular flexibility index (Phi) is 8.18. The molecule has 0 saturated carbocycles. The van der Waals surface area contributed by atoms with E-state index in [1.807, 2.05) is 66.1 Å². The van der Waals surface area contributed by atoms with Crippen molar-refractivity contribution in [2.24, 2.45) is 4.99 Å². The fourth-order valence-corrected chi connectivity index (χ4v) is 6.34. The number of nitrogens with one attached hydrogen (secondary N) is 1. The maximum absolute atomic E-state index is 13.5. The normalized spacial score (nSPS) is 16.9. The lowest BCUT2D eigenvalue weighted by molar-refractivity contribution is -0.896.